The minimum absolute atomic E-state index is 0.00604. The van der Waals surface area contributed by atoms with Crippen LogP contribution in [0.15, 0.2) is 48.5 Å². The number of hydrogen-bond donors (Lipinski definition) is 2. The lowest BCUT2D eigenvalue weighted by molar-refractivity contribution is -0.115. The lowest BCUT2D eigenvalue weighted by Crippen LogP contribution is -2.17. The smallest absolute Gasteiger partial charge is 0.228 e. The lowest BCUT2D eigenvalue weighted by Gasteiger charge is -2.09. The Labute approximate surface area is 153 Å². The maximum atomic E-state index is 12.7. The Morgan fingerprint density at radius 2 is 1.96 bits per heavy atom. The maximum Gasteiger partial charge on any atom is 0.228 e. The molecule has 2 N–H and O–H groups in total. The molecular formula is C21H23N3O2. The first-order valence-electron chi connectivity index (χ1n) is 9.00. The molecule has 4 rings (SSSR count). The number of benzene rings is 2. The topological polar surface area (TPSA) is 55.3 Å². The molecule has 0 unspecified atom stereocenters. The molecule has 2 heterocycles. The Bertz CT molecular complexity index is 928. The van der Waals surface area contributed by atoms with Crippen LogP contribution in [0, 0.1) is 0 Å². The summed E-state index contributed by atoms with van der Waals surface area (Å²) in [6, 6.07) is 15.8. The molecule has 2 aromatic carbocycles. The summed E-state index contributed by atoms with van der Waals surface area (Å²) in [5.41, 5.74) is 4.43. The largest absolute Gasteiger partial charge is 0.497 e. The third kappa shape index (κ3) is 3.18. The molecular weight excluding hydrogens is 326 g/mol. The molecule has 0 spiro atoms. The van der Waals surface area contributed by atoms with Crippen LogP contribution in [0.4, 0.5) is 5.69 Å². The highest BCUT2D eigenvalue weighted by Crippen LogP contribution is 2.28. The van der Waals surface area contributed by atoms with E-state index in [1.54, 1.807) is 7.11 Å². The first-order chi connectivity index (χ1) is 12.8. The van der Waals surface area contributed by atoms with Crippen molar-refractivity contribution in [3.63, 3.8) is 0 Å². The van der Waals surface area contributed by atoms with E-state index in [1.807, 2.05) is 30.3 Å². The molecule has 3 aromatic rings. The van der Waals surface area contributed by atoms with Gasteiger partial charge in [-0.05, 0) is 35.9 Å². The van der Waals surface area contributed by atoms with Gasteiger partial charge in [-0.3, -0.25) is 4.79 Å². The average molecular weight is 349 g/mol. The van der Waals surface area contributed by atoms with E-state index in [1.165, 1.54) is 16.6 Å². The molecule has 0 fully saturated rings. The van der Waals surface area contributed by atoms with Crippen LogP contribution in [0.5, 0.6) is 5.75 Å². The number of carbonyl (C=O) groups is 1. The number of nitrogens with zero attached hydrogens (tertiary/aromatic N) is 1. The van der Waals surface area contributed by atoms with E-state index >= 15 is 0 Å². The summed E-state index contributed by atoms with van der Waals surface area (Å²) in [6.07, 6.45) is 1.33. The summed E-state index contributed by atoms with van der Waals surface area (Å²) < 4.78 is 7.53. The van der Waals surface area contributed by atoms with Crippen LogP contribution in [0.3, 0.4) is 0 Å². The van der Waals surface area contributed by atoms with Gasteiger partial charge in [0.05, 0.1) is 13.5 Å². The van der Waals surface area contributed by atoms with Crippen molar-refractivity contribution >= 4 is 22.5 Å². The third-order valence-electron chi connectivity index (χ3n) is 4.96. The molecule has 0 saturated heterocycles. The summed E-state index contributed by atoms with van der Waals surface area (Å²) >= 11 is 0. The number of anilines is 1. The number of amides is 1. The van der Waals surface area contributed by atoms with Crippen LogP contribution in [0.1, 0.15) is 11.3 Å². The number of carbonyl (C=O) groups excluding carboxylic acids is 1. The van der Waals surface area contributed by atoms with Gasteiger partial charge in [-0.15, -0.1) is 0 Å². The quantitative estimate of drug-likeness (QED) is 0.761. The Morgan fingerprint density at radius 1 is 1.15 bits per heavy atom. The summed E-state index contributed by atoms with van der Waals surface area (Å²) in [7, 11) is 1.63. The van der Waals surface area contributed by atoms with Gasteiger partial charge in [0.25, 0.3) is 0 Å². The SMILES string of the molecule is COc1ccc(NC(=O)Cc2c3n(c4ccccc24)CCNCC3)cc1. The first kappa shape index (κ1) is 16.7. The Hall–Kier alpha value is -2.79. The highest BCUT2D eigenvalue weighted by Gasteiger charge is 2.20. The van der Waals surface area contributed by atoms with Crippen LogP contribution in [-0.2, 0) is 24.2 Å². The summed E-state index contributed by atoms with van der Waals surface area (Å²) in [6.45, 7) is 2.85. The van der Waals surface area contributed by atoms with E-state index in [0.29, 0.717) is 6.42 Å². The van der Waals surface area contributed by atoms with Crippen LogP contribution in [0.2, 0.25) is 0 Å². The summed E-state index contributed by atoms with van der Waals surface area (Å²) in [5, 5.41) is 7.63. The zero-order chi connectivity index (χ0) is 17.9. The Kier molecular flexibility index (Phi) is 4.63. The molecule has 0 atom stereocenters. The van der Waals surface area contributed by atoms with E-state index in [2.05, 4.69) is 33.4 Å². The number of methoxy groups -OCH3 is 1. The molecule has 134 valence electrons. The van der Waals surface area contributed by atoms with Crippen molar-refractivity contribution in [3.05, 3.63) is 59.8 Å². The average Bonchev–Trinajstić information content (AvgIpc) is 2.82. The summed E-state index contributed by atoms with van der Waals surface area (Å²) in [5.74, 6) is 0.783. The van der Waals surface area contributed by atoms with Gasteiger partial charge in [0.15, 0.2) is 0 Å². The zero-order valence-electron chi connectivity index (χ0n) is 14.9. The molecule has 1 aliphatic heterocycles. The van der Waals surface area contributed by atoms with Crippen molar-refractivity contribution in [1.82, 2.24) is 9.88 Å². The number of hydrogen-bond acceptors (Lipinski definition) is 3. The van der Waals surface area contributed by atoms with Gasteiger partial charge in [0.2, 0.25) is 5.91 Å². The van der Waals surface area contributed by atoms with Crippen molar-refractivity contribution in [1.29, 1.82) is 0 Å². The number of para-hydroxylation sites is 1. The Morgan fingerprint density at radius 3 is 2.77 bits per heavy atom. The number of ether oxygens (including phenoxy) is 1. The molecule has 0 aliphatic carbocycles. The zero-order valence-corrected chi connectivity index (χ0v) is 14.9. The fourth-order valence-electron chi connectivity index (χ4n) is 3.73. The number of aromatic nitrogens is 1. The van der Waals surface area contributed by atoms with Gasteiger partial charge in [-0.2, -0.15) is 0 Å². The lowest BCUT2D eigenvalue weighted by atomic mass is 10.1. The van der Waals surface area contributed by atoms with E-state index in [-0.39, 0.29) is 5.91 Å². The van der Waals surface area contributed by atoms with Gasteiger partial charge >= 0.3 is 0 Å². The molecule has 5 heteroatoms. The fourth-order valence-corrected chi connectivity index (χ4v) is 3.73. The van der Waals surface area contributed by atoms with Crippen molar-refractivity contribution in [2.24, 2.45) is 0 Å². The second-order valence-electron chi connectivity index (χ2n) is 6.55. The summed E-state index contributed by atoms with van der Waals surface area (Å²) in [4.78, 5) is 12.7. The minimum atomic E-state index is 0.00604. The molecule has 1 aromatic heterocycles. The molecule has 26 heavy (non-hydrogen) atoms. The highest BCUT2D eigenvalue weighted by molar-refractivity contribution is 5.96. The highest BCUT2D eigenvalue weighted by atomic mass is 16.5. The first-order valence-corrected chi connectivity index (χ1v) is 9.00. The fraction of sp³-hybridized carbons (Fsp3) is 0.286. The molecule has 1 amide bonds. The Balaban J connectivity index is 1.61. The number of rotatable bonds is 4. The maximum absolute atomic E-state index is 12.7. The minimum Gasteiger partial charge on any atom is -0.497 e. The number of nitrogens with one attached hydrogen (secondary N) is 2. The van der Waals surface area contributed by atoms with Crippen LogP contribution >= 0.6 is 0 Å². The van der Waals surface area contributed by atoms with Crippen LogP contribution in [-0.4, -0.2) is 30.7 Å². The van der Waals surface area contributed by atoms with Crippen molar-refractivity contribution < 1.29 is 9.53 Å². The monoisotopic (exact) mass is 349 g/mol. The predicted octanol–water partition coefficient (Wildman–Crippen LogP) is 2.98. The predicted molar refractivity (Wildman–Crippen MR) is 104 cm³/mol. The van der Waals surface area contributed by atoms with Gasteiger partial charge < -0.3 is 19.9 Å². The van der Waals surface area contributed by atoms with E-state index in [0.717, 1.165) is 43.1 Å². The van der Waals surface area contributed by atoms with Gasteiger partial charge in [0.1, 0.15) is 5.75 Å². The molecule has 0 bridgehead atoms. The second-order valence-corrected chi connectivity index (χ2v) is 6.55. The van der Waals surface area contributed by atoms with Gasteiger partial charge in [0, 0.05) is 48.3 Å². The van der Waals surface area contributed by atoms with Crippen molar-refractivity contribution in [3.8, 4) is 5.75 Å². The van der Waals surface area contributed by atoms with Crippen LogP contribution < -0.4 is 15.4 Å². The second kappa shape index (κ2) is 7.22. The van der Waals surface area contributed by atoms with Crippen molar-refractivity contribution in [2.45, 2.75) is 19.4 Å². The van der Waals surface area contributed by atoms with Gasteiger partial charge in [-0.25, -0.2) is 0 Å². The molecule has 1 aliphatic rings. The van der Waals surface area contributed by atoms with E-state index in [4.69, 9.17) is 4.74 Å². The van der Waals surface area contributed by atoms with Crippen LogP contribution in [0.25, 0.3) is 10.9 Å². The van der Waals surface area contributed by atoms with Gasteiger partial charge in [-0.1, -0.05) is 18.2 Å². The molecule has 0 saturated carbocycles. The van der Waals surface area contributed by atoms with Crippen molar-refractivity contribution in [2.75, 3.05) is 25.5 Å². The number of fused-ring (bicyclic) bond motifs is 3. The van der Waals surface area contributed by atoms with E-state index in [9.17, 15) is 4.79 Å². The standard InChI is InChI=1S/C21H23N3O2/c1-26-16-8-6-15(7-9-16)23-21(25)14-18-17-4-2-3-5-19(17)24-13-12-22-11-10-20(18)24/h2-9,22H,10-14H2,1H3,(H,23,25). The normalized spacial score (nSPS) is 13.9. The molecule has 5 nitrogen and oxygen atoms in total. The van der Waals surface area contributed by atoms with E-state index < -0.39 is 0 Å². The molecule has 0 radical (unpaired) electrons. The third-order valence-corrected chi connectivity index (χ3v) is 4.96.